The molecule has 0 aliphatic carbocycles. The first-order valence-corrected chi connectivity index (χ1v) is 11.1. The lowest BCUT2D eigenvalue weighted by Gasteiger charge is -2.29. The van der Waals surface area contributed by atoms with Crippen molar-refractivity contribution >= 4 is 11.8 Å². The molecule has 6 nitrogen and oxygen atoms in total. The predicted molar refractivity (Wildman–Crippen MR) is 125 cm³/mol. The summed E-state index contributed by atoms with van der Waals surface area (Å²) in [4.78, 5) is 28.2. The Morgan fingerprint density at radius 2 is 1.78 bits per heavy atom. The van der Waals surface area contributed by atoms with Crippen molar-refractivity contribution in [2.75, 3.05) is 13.1 Å². The monoisotopic (exact) mass is 430 g/mol. The largest absolute Gasteiger partial charge is 0.353 e. The zero-order chi connectivity index (χ0) is 22.7. The second-order valence-electron chi connectivity index (χ2n) is 9.03. The fourth-order valence-corrected chi connectivity index (χ4v) is 4.44. The summed E-state index contributed by atoms with van der Waals surface area (Å²) >= 11 is 0. The summed E-state index contributed by atoms with van der Waals surface area (Å²) < 4.78 is 0. The topological polar surface area (TPSA) is 78.1 Å². The molecule has 0 unspecified atom stereocenters. The number of H-pyrrole nitrogens is 1. The summed E-state index contributed by atoms with van der Waals surface area (Å²) in [5, 5.41) is 9.89. The van der Waals surface area contributed by atoms with E-state index in [9.17, 15) is 9.59 Å². The first-order chi connectivity index (χ1) is 15.4. The van der Waals surface area contributed by atoms with E-state index in [1.54, 1.807) is 11.1 Å². The molecule has 6 heteroatoms. The van der Waals surface area contributed by atoms with Crippen molar-refractivity contribution in [1.82, 2.24) is 20.4 Å². The number of hydrogen-bond donors (Lipinski definition) is 2. The number of amides is 2. The van der Waals surface area contributed by atoms with Gasteiger partial charge in [-0.05, 0) is 50.3 Å². The second kappa shape index (κ2) is 8.99. The average Bonchev–Trinajstić information content (AvgIpc) is 3.41. The summed E-state index contributed by atoms with van der Waals surface area (Å²) in [6.07, 6.45) is 2.79. The van der Waals surface area contributed by atoms with Gasteiger partial charge in [0.25, 0.3) is 5.91 Å². The van der Waals surface area contributed by atoms with Gasteiger partial charge in [0.1, 0.15) is 0 Å². The van der Waals surface area contributed by atoms with Gasteiger partial charge in [-0.25, -0.2) is 0 Å². The Kier molecular flexibility index (Phi) is 6.12. The van der Waals surface area contributed by atoms with E-state index < -0.39 is 5.41 Å². The Bertz CT molecular complexity index is 1090. The SMILES string of the molecule is Cc1[nH]ncc1C(=O)N1CC[C@@](Cc2ccc(-c3ccccc3)cc2)(C(=O)NC(C)C)C1. The first kappa shape index (κ1) is 21.8. The fourth-order valence-electron chi connectivity index (χ4n) is 4.44. The average molecular weight is 431 g/mol. The minimum Gasteiger partial charge on any atom is -0.353 e. The van der Waals surface area contributed by atoms with Gasteiger partial charge >= 0.3 is 0 Å². The van der Waals surface area contributed by atoms with Gasteiger partial charge in [0.05, 0.1) is 17.2 Å². The van der Waals surface area contributed by atoms with Crippen LogP contribution in [-0.2, 0) is 11.2 Å². The zero-order valence-corrected chi connectivity index (χ0v) is 18.9. The molecule has 1 aromatic heterocycles. The van der Waals surface area contributed by atoms with Gasteiger partial charge in [-0.1, -0.05) is 54.6 Å². The minimum absolute atomic E-state index is 0.0128. The summed E-state index contributed by atoms with van der Waals surface area (Å²) in [6.45, 7) is 6.72. The van der Waals surface area contributed by atoms with Gasteiger partial charge in [-0.3, -0.25) is 14.7 Å². The molecule has 1 atom stereocenters. The number of aryl methyl sites for hydroxylation is 1. The number of aromatic nitrogens is 2. The van der Waals surface area contributed by atoms with Crippen LogP contribution in [0.3, 0.4) is 0 Å². The molecule has 1 aliphatic rings. The van der Waals surface area contributed by atoms with E-state index in [-0.39, 0.29) is 17.9 Å². The minimum atomic E-state index is -0.647. The van der Waals surface area contributed by atoms with Crippen LogP contribution in [0, 0.1) is 12.3 Å². The third-order valence-corrected chi connectivity index (χ3v) is 6.21. The highest BCUT2D eigenvalue weighted by molar-refractivity contribution is 5.96. The molecule has 2 heterocycles. The summed E-state index contributed by atoms with van der Waals surface area (Å²) in [7, 11) is 0. The van der Waals surface area contributed by atoms with Crippen molar-refractivity contribution < 1.29 is 9.59 Å². The maximum absolute atomic E-state index is 13.3. The third kappa shape index (κ3) is 4.44. The van der Waals surface area contributed by atoms with Crippen LogP contribution in [-0.4, -0.2) is 46.0 Å². The number of carbonyl (C=O) groups excluding carboxylic acids is 2. The second-order valence-corrected chi connectivity index (χ2v) is 9.03. The standard InChI is InChI=1S/C26H30N4O2/c1-18(2)28-25(32)26(13-14-30(17-26)24(31)23-16-27-29-19(23)3)15-20-9-11-22(12-10-20)21-7-5-4-6-8-21/h4-12,16,18H,13-15,17H2,1-3H3,(H,27,29)(H,28,32)/t26-/m0/s1. The van der Waals surface area contributed by atoms with E-state index in [2.05, 4.69) is 51.9 Å². The third-order valence-electron chi connectivity index (χ3n) is 6.21. The molecule has 2 aromatic carbocycles. The first-order valence-electron chi connectivity index (χ1n) is 11.1. The lowest BCUT2D eigenvalue weighted by molar-refractivity contribution is -0.130. The van der Waals surface area contributed by atoms with E-state index in [0.29, 0.717) is 31.5 Å². The zero-order valence-electron chi connectivity index (χ0n) is 18.9. The lowest BCUT2D eigenvalue weighted by atomic mass is 9.79. The quantitative estimate of drug-likeness (QED) is 0.621. The molecule has 1 aliphatic heterocycles. The van der Waals surface area contributed by atoms with Crippen LogP contribution in [0.2, 0.25) is 0 Å². The van der Waals surface area contributed by atoms with E-state index in [0.717, 1.165) is 16.8 Å². The molecule has 3 aromatic rings. The smallest absolute Gasteiger partial charge is 0.257 e. The van der Waals surface area contributed by atoms with Gasteiger partial charge in [0.2, 0.25) is 5.91 Å². The van der Waals surface area contributed by atoms with Crippen LogP contribution >= 0.6 is 0 Å². The Labute approximate surface area is 189 Å². The normalized spacial score (nSPS) is 18.2. The van der Waals surface area contributed by atoms with Crippen LogP contribution in [0.15, 0.2) is 60.8 Å². The van der Waals surface area contributed by atoms with Crippen LogP contribution in [0.4, 0.5) is 0 Å². The van der Waals surface area contributed by atoms with Gasteiger partial charge < -0.3 is 10.2 Å². The van der Waals surface area contributed by atoms with Crippen LogP contribution in [0.5, 0.6) is 0 Å². The number of carbonyl (C=O) groups is 2. The summed E-state index contributed by atoms with van der Waals surface area (Å²) in [5.74, 6) is -0.0613. The Morgan fingerprint density at radius 3 is 2.41 bits per heavy atom. The number of nitrogens with one attached hydrogen (secondary N) is 2. The Balaban J connectivity index is 1.57. The van der Waals surface area contributed by atoms with Crippen molar-refractivity contribution in [3.8, 4) is 11.1 Å². The van der Waals surface area contributed by atoms with Gasteiger partial charge in [0.15, 0.2) is 0 Å². The molecule has 32 heavy (non-hydrogen) atoms. The highest BCUT2D eigenvalue weighted by atomic mass is 16.2. The molecule has 0 bridgehead atoms. The van der Waals surface area contributed by atoms with Crippen molar-refractivity contribution in [2.45, 2.75) is 39.7 Å². The van der Waals surface area contributed by atoms with Crippen molar-refractivity contribution in [3.05, 3.63) is 77.6 Å². The molecule has 0 spiro atoms. The summed E-state index contributed by atoms with van der Waals surface area (Å²) in [6, 6.07) is 18.7. The van der Waals surface area contributed by atoms with E-state index in [1.807, 2.05) is 39.0 Å². The molecular formula is C26H30N4O2. The maximum Gasteiger partial charge on any atom is 0.257 e. The number of likely N-dealkylation sites (tertiary alicyclic amines) is 1. The van der Waals surface area contributed by atoms with Crippen molar-refractivity contribution in [1.29, 1.82) is 0 Å². The molecule has 1 saturated heterocycles. The number of benzene rings is 2. The van der Waals surface area contributed by atoms with Crippen LogP contribution in [0.1, 0.15) is 41.9 Å². The number of rotatable bonds is 6. The number of aromatic amines is 1. The van der Waals surface area contributed by atoms with E-state index in [4.69, 9.17) is 0 Å². The highest BCUT2D eigenvalue weighted by Gasteiger charge is 2.46. The fraction of sp³-hybridized carbons (Fsp3) is 0.346. The van der Waals surface area contributed by atoms with Crippen molar-refractivity contribution in [3.63, 3.8) is 0 Å². The molecule has 1 fully saturated rings. The maximum atomic E-state index is 13.3. The van der Waals surface area contributed by atoms with Crippen LogP contribution < -0.4 is 5.32 Å². The molecule has 166 valence electrons. The lowest BCUT2D eigenvalue weighted by Crippen LogP contribution is -2.47. The number of hydrogen-bond acceptors (Lipinski definition) is 3. The Morgan fingerprint density at radius 1 is 1.09 bits per heavy atom. The van der Waals surface area contributed by atoms with Gasteiger partial charge in [-0.2, -0.15) is 5.10 Å². The summed E-state index contributed by atoms with van der Waals surface area (Å²) in [5.41, 5.74) is 4.07. The van der Waals surface area contributed by atoms with Crippen molar-refractivity contribution in [2.24, 2.45) is 5.41 Å². The van der Waals surface area contributed by atoms with Gasteiger partial charge in [-0.15, -0.1) is 0 Å². The molecule has 4 rings (SSSR count). The van der Waals surface area contributed by atoms with Crippen LogP contribution in [0.25, 0.3) is 11.1 Å². The molecule has 0 saturated carbocycles. The highest BCUT2D eigenvalue weighted by Crippen LogP contribution is 2.36. The molecule has 0 radical (unpaired) electrons. The molecule has 2 N–H and O–H groups in total. The van der Waals surface area contributed by atoms with Gasteiger partial charge in [0, 0.05) is 24.8 Å². The predicted octanol–water partition coefficient (Wildman–Crippen LogP) is 3.98. The molecular weight excluding hydrogens is 400 g/mol. The number of nitrogens with zero attached hydrogens (tertiary/aromatic N) is 2. The van der Waals surface area contributed by atoms with E-state index >= 15 is 0 Å². The molecule has 2 amide bonds. The van der Waals surface area contributed by atoms with E-state index in [1.165, 1.54) is 5.56 Å². The Hall–Kier alpha value is -3.41.